The van der Waals surface area contributed by atoms with E-state index in [9.17, 15) is 9.59 Å². The molecule has 156 valence electrons. The third-order valence-corrected chi connectivity index (χ3v) is 5.92. The number of fused-ring (bicyclic) bond motifs is 1. The topological polar surface area (TPSA) is 85.9 Å². The second kappa shape index (κ2) is 7.79. The summed E-state index contributed by atoms with van der Waals surface area (Å²) >= 11 is 0. The maximum atomic E-state index is 13.1. The van der Waals surface area contributed by atoms with Crippen LogP contribution in [0.4, 0.5) is 5.95 Å². The number of hydrogen-bond donors (Lipinski definition) is 0. The van der Waals surface area contributed by atoms with Crippen molar-refractivity contribution >= 4 is 22.8 Å². The molecule has 1 aliphatic rings. The zero-order valence-corrected chi connectivity index (χ0v) is 17.2. The monoisotopic (exact) mass is 414 g/mol. The Balaban J connectivity index is 1.36. The maximum absolute atomic E-state index is 13.1. The Kier molecular flexibility index (Phi) is 4.82. The standard InChI is InChI=1S/C23H22N6O2/c1-27-21(30)14-19(18-6-10-24-15-25-18)26-23(27)28-11-7-17(8-12-28)22(31)29-13-9-16-4-2-3-5-20(16)29/h2-6,9-10,13-15,17H,7-8,11-12H2,1H3. The smallest absolute Gasteiger partial charge is 0.255 e. The summed E-state index contributed by atoms with van der Waals surface area (Å²) in [5.74, 6) is 0.657. The van der Waals surface area contributed by atoms with Crippen molar-refractivity contribution in [1.29, 1.82) is 0 Å². The first-order chi connectivity index (χ1) is 15.1. The molecule has 1 fully saturated rings. The van der Waals surface area contributed by atoms with E-state index in [-0.39, 0.29) is 17.4 Å². The number of aromatic nitrogens is 5. The predicted molar refractivity (Wildman–Crippen MR) is 118 cm³/mol. The molecule has 8 heteroatoms. The van der Waals surface area contributed by atoms with Crippen molar-refractivity contribution < 1.29 is 4.79 Å². The highest BCUT2D eigenvalue weighted by molar-refractivity contribution is 5.93. The van der Waals surface area contributed by atoms with Crippen molar-refractivity contribution in [2.45, 2.75) is 12.8 Å². The van der Waals surface area contributed by atoms with Crippen LogP contribution in [0.3, 0.4) is 0 Å². The van der Waals surface area contributed by atoms with Crippen molar-refractivity contribution in [3.63, 3.8) is 0 Å². The van der Waals surface area contributed by atoms with Gasteiger partial charge in [0.25, 0.3) is 5.56 Å². The highest BCUT2D eigenvalue weighted by Gasteiger charge is 2.28. The van der Waals surface area contributed by atoms with Crippen molar-refractivity contribution in [2.75, 3.05) is 18.0 Å². The van der Waals surface area contributed by atoms with E-state index >= 15 is 0 Å². The SMILES string of the molecule is Cn1c(N2CCC(C(=O)n3ccc4ccccc43)CC2)nc(-c2ccncn2)cc1=O. The molecule has 31 heavy (non-hydrogen) atoms. The van der Waals surface area contributed by atoms with Crippen LogP contribution in [0.1, 0.15) is 17.6 Å². The van der Waals surface area contributed by atoms with Gasteiger partial charge in [-0.1, -0.05) is 18.2 Å². The molecule has 3 aromatic heterocycles. The van der Waals surface area contributed by atoms with Gasteiger partial charge in [-0.2, -0.15) is 0 Å². The van der Waals surface area contributed by atoms with Crippen molar-refractivity contribution in [3.8, 4) is 11.4 Å². The van der Waals surface area contributed by atoms with Crippen LogP contribution in [0.2, 0.25) is 0 Å². The van der Waals surface area contributed by atoms with Gasteiger partial charge in [0.05, 0.1) is 16.9 Å². The quantitative estimate of drug-likeness (QED) is 0.512. The zero-order chi connectivity index (χ0) is 21.4. The van der Waals surface area contributed by atoms with Gasteiger partial charge in [0.1, 0.15) is 6.33 Å². The Morgan fingerprint density at radius 1 is 1.06 bits per heavy atom. The van der Waals surface area contributed by atoms with Crippen LogP contribution in [0.15, 0.2) is 66.0 Å². The molecule has 0 atom stereocenters. The number of carbonyl (C=O) groups excluding carboxylic acids is 1. The third-order valence-electron chi connectivity index (χ3n) is 5.92. The van der Waals surface area contributed by atoms with Gasteiger partial charge in [-0.05, 0) is 31.0 Å². The highest BCUT2D eigenvalue weighted by Crippen LogP contribution is 2.26. The van der Waals surface area contributed by atoms with Crippen molar-refractivity contribution in [2.24, 2.45) is 13.0 Å². The minimum atomic E-state index is -0.143. The van der Waals surface area contributed by atoms with Gasteiger partial charge in [-0.15, -0.1) is 0 Å². The summed E-state index contributed by atoms with van der Waals surface area (Å²) in [6.07, 6.45) is 6.34. The van der Waals surface area contributed by atoms with E-state index in [0.29, 0.717) is 43.3 Å². The van der Waals surface area contributed by atoms with Crippen molar-refractivity contribution in [3.05, 3.63) is 71.5 Å². The van der Waals surface area contributed by atoms with Crippen LogP contribution in [0, 0.1) is 5.92 Å². The van der Waals surface area contributed by atoms with E-state index < -0.39 is 0 Å². The van der Waals surface area contributed by atoms with E-state index in [1.807, 2.05) is 36.5 Å². The van der Waals surface area contributed by atoms with E-state index in [1.54, 1.807) is 28.4 Å². The summed E-state index contributed by atoms with van der Waals surface area (Å²) in [5.41, 5.74) is 1.93. The minimum absolute atomic E-state index is 0.0610. The molecule has 5 rings (SSSR count). The summed E-state index contributed by atoms with van der Waals surface area (Å²) in [5, 5.41) is 1.06. The summed E-state index contributed by atoms with van der Waals surface area (Å²) in [4.78, 5) is 40.6. The first-order valence-electron chi connectivity index (χ1n) is 10.3. The average molecular weight is 414 g/mol. The number of benzene rings is 1. The fraction of sp³-hybridized carbons (Fsp3) is 0.261. The molecule has 0 bridgehead atoms. The van der Waals surface area contributed by atoms with Gasteiger partial charge in [-0.3, -0.25) is 18.7 Å². The highest BCUT2D eigenvalue weighted by atomic mass is 16.2. The molecule has 0 spiro atoms. The molecule has 4 aromatic rings. The Bertz CT molecular complexity index is 1300. The maximum Gasteiger partial charge on any atom is 0.255 e. The summed E-state index contributed by atoms with van der Waals surface area (Å²) in [7, 11) is 1.72. The van der Waals surface area contributed by atoms with Gasteiger partial charge >= 0.3 is 0 Å². The van der Waals surface area contributed by atoms with Crippen LogP contribution in [-0.2, 0) is 7.05 Å². The minimum Gasteiger partial charge on any atom is -0.342 e. The lowest BCUT2D eigenvalue weighted by Crippen LogP contribution is -2.40. The molecule has 0 aliphatic carbocycles. The molecule has 0 amide bonds. The molecular weight excluding hydrogens is 392 g/mol. The second-order valence-corrected chi connectivity index (χ2v) is 7.78. The van der Waals surface area contributed by atoms with E-state index in [1.165, 1.54) is 12.4 Å². The lowest BCUT2D eigenvalue weighted by molar-refractivity contribution is 0.0818. The fourth-order valence-electron chi connectivity index (χ4n) is 4.18. The number of carbonyl (C=O) groups is 1. The molecule has 0 radical (unpaired) electrons. The summed E-state index contributed by atoms with van der Waals surface area (Å²) in [6.45, 7) is 1.31. The van der Waals surface area contributed by atoms with Gasteiger partial charge in [-0.25, -0.2) is 15.0 Å². The van der Waals surface area contributed by atoms with E-state index in [2.05, 4.69) is 14.9 Å². The number of rotatable bonds is 3. The normalized spacial score (nSPS) is 14.8. The number of nitrogens with zero attached hydrogens (tertiary/aromatic N) is 6. The molecule has 8 nitrogen and oxygen atoms in total. The van der Waals surface area contributed by atoms with Crippen molar-refractivity contribution in [1.82, 2.24) is 24.1 Å². The summed E-state index contributed by atoms with van der Waals surface area (Å²) < 4.78 is 3.31. The van der Waals surface area contributed by atoms with Crippen LogP contribution in [0.25, 0.3) is 22.3 Å². The van der Waals surface area contributed by atoms with E-state index in [4.69, 9.17) is 4.98 Å². The Hall–Kier alpha value is -3.81. The van der Waals surface area contributed by atoms with Crippen LogP contribution in [-0.4, -0.2) is 43.1 Å². The number of hydrogen-bond acceptors (Lipinski definition) is 6. The second-order valence-electron chi connectivity index (χ2n) is 7.78. The van der Waals surface area contributed by atoms with Crippen LogP contribution >= 0.6 is 0 Å². The Labute approximate surface area is 178 Å². The molecule has 0 N–H and O–H groups in total. The first-order valence-corrected chi connectivity index (χ1v) is 10.3. The Morgan fingerprint density at radius 3 is 2.65 bits per heavy atom. The Morgan fingerprint density at radius 2 is 1.87 bits per heavy atom. The van der Waals surface area contributed by atoms with Gasteiger partial charge in [0, 0.05) is 49.9 Å². The molecule has 0 unspecified atom stereocenters. The lowest BCUT2D eigenvalue weighted by Gasteiger charge is -2.33. The van der Waals surface area contributed by atoms with E-state index in [0.717, 1.165) is 10.9 Å². The molecule has 4 heterocycles. The first kappa shape index (κ1) is 19.2. The number of anilines is 1. The third kappa shape index (κ3) is 3.50. The number of piperidine rings is 1. The van der Waals surface area contributed by atoms with Gasteiger partial charge < -0.3 is 4.90 Å². The molecular formula is C23H22N6O2. The molecule has 1 aromatic carbocycles. The van der Waals surface area contributed by atoms with Crippen LogP contribution in [0.5, 0.6) is 0 Å². The largest absolute Gasteiger partial charge is 0.342 e. The molecule has 1 aliphatic heterocycles. The van der Waals surface area contributed by atoms with Gasteiger partial charge in [0.15, 0.2) is 0 Å². The molecule has 1 saturated heterocycles. The number of para-hydroxylation sites is 1. The molecule has 0 saturated carbocycles. The predicted octanol–water partition coefficient (Wildman–Crippen LogP) is 2.75. The zero-order valence-electron chi connectivity index (χ0n) is 17.2. The summed E-state index contributed by atoms with van der Waals surface area (Å²) in [6, 6.07) is 13.1. The lowest BCUT2D eigenvalue weighted by atomic mass is 9.96. The van der Waals surface area contributed by atoms with Gasteiger partial charge in [0.2, 0.25) is 11.9 Å². The van der Waals surface area contributed by atoms with Crippen LogP contribution < -0.4 is 10.5 Å². The fourth-order valence-corrected chi connectivity index (χ4v) is 4.18. The average Bonchev–Trinajstić information content (AvgIpc) is 3.25.